The van der Waals surface area contributed by atoms with Crippen molar-refractivity contribution in [2.45, 2.75) is 37.3 Å². The van der Waals surface area contributed by atoms with Gasteiger partial charge < -0.3 is 5.32 Å². The molecular formula is C15H15F3N2O. The van der Waals surface area contributed by atoms with Crippen molar-refractivity contribution in [1.29, 1.82) is 5.26 Å². The lowest BCUT2D eigenvalue weighted by Crippen LogP contribution is -2.45. The lowest BCUT2D eigenvalue weighted by molar-refractivity contribution is -0.137. The number of benzene rings is 1. The predicted molar refractivity (Wildman–Crippen MR) is 70.2 cm³/mol. The maximum Gasteiger partial charge on any atom is 0.416 e. The second kappa shape index (κ2) is 5.76. The minimum Gasteiger partial charge on any atom is -0.354 e. The van der Waals surface area contributed by atoms with Crippen LogP contribution in [0.5, 0.6) is 0 Å². The Morgan fingerprint density at radius 3 is 2.62 bits per heavy atom. The summed E-state index contributed by atoms with van der Waals surface area (Å²) in [5, 5.41) is 11.1. The van der Waals surface area contributed by atoms with E-state index < -0.39 is 23.1 Å². The van der Waals surface area contributed by atoms with Crippen LogP contribution in [0.1, 0.15) is 36.8 Å². The molecule has 1 fully saturated rings. The maximum absolute atomic E-state index is 12.8. The van der Waals surface area contributed by atoms with Crippen molar-refractivity contribution < 1.29 is 18.0 Å². The van der Waals surface area contributed by atoms with E-state index >= 15 is 0 Å². The highest BCUT2D eigenvalue weighted by Gasteiger charge is 2.40. The third-order valence-electron chi connectivity index (χ3n) is 3.98. The van der Waals surface area contributed by atoms with Gasteiger partial charge in [-0.15, -0.1) is 0 Å². The highest BCUT2D eigenvalue weighted by molar-refractivity contribution is 5.78. The van der Waals surface area contributed by atoms with Gasteiger partial charge in [0.25, 0.3) is 0 Å². The summed E-state index contributed by atoms with van der Waals surface area (Å²) >= 11 is 0. The topological polar surface area (TPSA) is 52.9 Å². The first-order valence-corrected chi connectivity index (χ1v) is 6.69. The Morgan fingerprint density at radius 1 is 1.38 bits per heavy atom. The zero-order valence-electron chi connectivity index (χ0n) is 11.3. The molecule has 0 bridgehead atoms. The molecule has 0 radical (unpaired) electrons. The van der Waals surface area contributed by atoms with Gasteiger partial charge in [-0.25, -0.2) is 0 Å². The Morgan fingerprint density at radius 2 is 2.10 bits per heavy atom. The van der Waals surface area contributed by atoms with Crippen molar-refractivity contribution in [2.75, 3.05) is 6.54 Å². The van der Waals surface area contributed by atoms with Crippen molar-refractivity contribution >= 4 is 5.91 Å². The van der Waals surface area contributed by atoms with Gasteiger partial charge in [0, 0.05) is 12.0 Å². The Hall–Kier alpha value is -2.03. The molecule has 1 aliphatic rings. The molecule has 21 heavy (non-hydrogen) atoms. The van der Waals surface area contributed by atoms with Gasteiger partial charge in [-0.3, -0.25) is 4.79 Å². The molecule has 0 spiro atoms. The molecule has 2 rings (SSSR count). The fourth-order valence-electron chi connectivity index (χ4n) is 2.60. The van der Waals surface area contributed by atoms with Gasteiger partial charge in [-0.1, -0.05) is 24.6 Å². The zero-order valence-corrected chi connectivity index (χ0v) is 11.3. The van der Waals surface area contributed by atoms with Crippen LogP contribution in [0.25, 0.3) is 0 Å². The van der Waals surface area contributed by atoms with E-state index in [4.69, 9.17) is 5.26 Å². The molecule has 1 aliphatic carbocycles. The molecule has 6 heteroatoms. The summed E-state index contributed by atoms with van der Waals surface area (Å²) in [5.41, 5.74) is -0.512. The zero-order chi connectivity index (χ0) is 15.5. The van der Waals surface area contributed by atoms with E-state index in [2.05, 4.69) is 5.32 Å². The summed E-state index contributed by atoms with van der Waals surface area (Å²) in [6.07, 6.45) is -2.21. The molecule has 3 nitrogen and oxygen atoms in total. The minimum absolute atomic E-state index is 0.237. The second-order valence-electron chi connectivity index (χ2n) is 5.32. The van der Waals surface area contributed by atoms with Crippen LogP contribution >= 0.6 is 0 Å². The molecule has 1 N–H and O–H groups in total. The number of alkyl halides is 3. The number of amides is 1. The van der Waals surface area contributed by atoms with Crippen LogP contribution in [-0.2, 0) is 16.4 Å². The number of halogens is 3. The van der Waals surface area contributed by atoms with Gasteiger partial charge in [0.15, 0.2) is 0 Å². The van der Waals surface area contributed by atoms with Crippen LogP contribution in [0.3, 0.4) is 0 Å². The second-order valence-corrected chi connectivity index (χ2v) is 5.32. The van der Waals surface area contributed by atoms with E-state index in [-0.39, 0.29) is 13.0 Å². The van der Waals surface area contributed by atoms with Gasteiger partial charge in [0.05, 0.1) is 11.6 Å². The van der Waals surface area contributed by atoms with E-state index in [1.165, 1.54) is 6.07 Å². The number of rotatable bonds is 4. The van der Waals surface area contributed by atoms with Crippen LogP contribution in [0.2, 0.25) is 0 Å². The Balaban J connectivity index is 2.17. The van der Waals surface area contributed by atoms with Crippen molar-refractivity contribution in [2.24, 2.45) is 0 Å². The standard InChI is InChI=1S/C15H15F3N2O/c16-15(17,18)12-4-1-3-11(9-12)14(6-2-7-14)10-20-13(21)5-8-19/h1,3-4,9H,2,5-7,10H2,(H,20,21). The van der Waals surface area contributed by atoms with Crippen LogP contribution in [0.4, 0.5) is 13.2 Å². The van der Waals surface area contributed by atoms with E-state index in [1.807, 2.05) is 0 Å². The largest absolute Gasteiger partial charge is 0.416 e. The van der Waals surface area contributed by atoms with Gasteiger partial charge in [-0.2, -0.15) is 18.4 Å². The van der Waals surface area contributed by atoms with E-state index in [0.29, 0.717) is 5.56 Å². The number of carbonyl (C=O) groups is 1. The first kappa shape index (κ1) is 15.4. The highest BCUT2D eigenvalue weighted by atomic mass is 19.4. The minimum atomic E-state index is -4.37. The number of hydrogen-bond donors (Lipinski definition) is 1. The highest BCUT2D eigenvalue weighted by Crippen LogP contribution is 2.44. The summed E-state index contributed by atoms with van der Waals surface area (Å²) in [7, 11) is 0. The predicted octanol–water partition coefficient (Wildman–Crippen LogP) is 3.16. The molecule has 1 aromatic carbocycles. The normalized spacial score (nSPS) is 16.7. The van der Waals surface area contributed by atoms with Crippen molar-refractivity contribution in [1.82, 2.24) is 5.32 Å². The molecule has 1 saturated carbocycles. The quantitative estimate of drug-likeness (QED) is 0.928. The summed E-state index contributed by atoms with van der Waals surface area (Å²) in [6, 6.07) is 7.03. The van der Waals surface area contributed by atoms with Crippen LogP contribution in [0.15, 0.2) is 24.3 Å². The first-order chi connectivity index (χ1) is 9.87. The lowest BCUT2D eigenvalue weighted by atomic mass is 9.64. The third-order valence-corrected chi connectivity index (χ3v) is 3.98. The van der Waals surface area contributed by atoms with Gasteiger partial charge >= 0.3 is 6.18 Å². The Labute approximate surface area is 120 Å². The van der Waals surface area contributed by atoms with E-state index in [0.717, 1.165) is 31.4 Å². The average Bonchev–Trinajstić information content (AvgIpc) is 2.37. The molecule has 0 aromatic heterocycles. The van der Waals surface area contributed by atoms with Crippen LogP contribution in [-0.4, -0.2) is 12.5 Å². The van der Waals surface area contributed by atoms with E-state index in [1.54, 1.807) is 12.1 Å². The number of nitrogens with zero attached hydrogens (tertiary/aromatic N) is 1. The molecule has 0 unspecified atom stereocenters. The smallest absolute Gasteiger partial charge is 0.354 e. The average molecular weight is 296 g/mol. The molecule has 0 saturated heterocycles. The van der Waals surface area contributed by atoms with Crippen molar-refractivity contribution in [3.8, 4) is 6.07 Å². The van der Waals surface area contributed by atoms with Gasteiger partial charge in [0.2, 0.25) is 5.91 Å². The molecule has 1 amide bonds. The van der Waals surface area contributed by atoms with Crippen LogP contribution < -0.4 is 5.32 Å². The molecule has 0 aliphatic heterocycles. The Kier molecular flexibility index (Phi) is 4.21. The molecular weight excluding hydrogens is 281 g/mol. The number of carbonyl (C=O) groups excluding carboxylic acids is 1. The summed E-state index contributed by atoms with van der Waals surface area (Å²) in [4.78, 5) is 11.4. The van der Waals surface area contributed by atoms with Crippen molar-refractivity contribution in [3.05, 3.63) is 35.4 Å². The maximum atomic E-state index is 12.8. The van der Waals surface area contributed by atoms with Gasteiger partial charge in [0.1, 0.15) is 6.42 Å². The lowest BCUT2D eigenvalue weighted by Gasteiger charge is -2.42. The Bertz CT molecular complexity index is 571. The molecule has 0 atom stereocenters. The summed E-state index contributed by atoms with van der Waals surface area (Å²) < 4.78 is 38.4. The summed E-state index contributed by atoms with van der Waals surface area (Å²) in [5.74, 6) is -0.393. The number of nitriles is 1. The fourth-order valence-corrected chi connectivity index (χ4v) is 2.60. The first-order valence-electron chi connectivity index (χ1n) is 6.69. The number of hydrogen-bond acceptors (Lipinski definition) is 2. The molecule has 112 valence electrons. The third kappa shape index (κ3) is 3.35. The van der Waals surface area contributed by atoms with Crippen LogP contribution in [0, 0.1) is 11.3 Å². The molecule has 0 heterocycles. The number of nitrogens with one attached hydrogen (secondary N) is 1. The monoisotopic (exact) mass is 296 g/mol. The van der Waals surface area contributed by atoms with Gasteiger partial charge in [-0.05, 0) is 24.5 Å². The molecule has 1 aromatic rings. The SMILES string of the molecule is N#CCC(=O)NCC1(c2cccc(C(F)(F)F)c2)CCC1. The fraction of sp³-hybridized carbons (Fsp3) is 0.467. The van der Waals surface area contributed by atoms with E-state index in [9.17, 15) is 18.0 Å². The summed E-state index contributed by atoms with van der Waals surface area (Å²) in [6.45, 7) is 0.273. The van der Waals surface area contributed by atoms with Crippen molar-refractivity contribution in [3.63, 3.8) is 0 Å².